The molecular weight excluding hydrogens is 374 g/mol. The van der Waals surface area contributed by atoms with Gasteiger partial charge in [-0.15, -0.1) is 0 Å². The van der Waals surface area contributed by atoms with E-state index < -0.39 is 11.7 Å². The minimum atomic E-state index is -0.586. The number of ether oxygens (including phenoxy) is 1. The van der Waals surface area contributed by atoms with Crippen LogP contribution in [0.4, 0.5) is 4.79 Å². The summed E-state index contributed by atoms with van der Waals surface area (Å²) in [5.74, 6) is 0. The molecule has 2 aromatic rings. The van der Waals surface area contributed by atoms with Gasteiger partial charge in [0.2, 0.25) is 0 Å². The Kier molecular flexibility index (Phi) is 4.77. The topological polar surface area (TPSA) is 84.1 Å². The van der Waals surface area contributed by atoms with Gasteiger partial charge in [0.25, 0.3) is 5.56 Å². The maximum Gasteiger partial charge on any atom is 0.407 e. The van der Waals surface area contributed by atoms with Crippen molar-refractivity contribution in [2.75, 3.05) is 0 Å². The molecule has 118 valence electrons. The van der Waals surface area contributed by atoms with Crippen LogP contribution in [0.2, 0.25) is 5.02 Å². The number of nitrogens with one attached hydrogen (secondary N) is 2. The number of hydrogen-bond acceptors (Lipinski definition) is 4. The van der Waals surface area contributed by atoms with E-state index in [1.165, 1.54) is 0 Å². The van der Waals surface area contributed by atoms with Crippen LogP contribution in [-0.2, 0) is 11.3 Å². The molecule has 0 aliphatic rings. The normalized spacial score (nSPS) is 11.5. The zero-order valence-corrected chi connectivity index (χ0v) is 14.6. The number of rotatable bonds is 2. The fourth-order valence-electron chi connectivity index (χ4n) is 1.87. The number of hydrogen-bond donors (Lipinski definition) is 2. The van der Waals surface area contributed by atoms with Crippen molar-refractivity contribution in [3.8, 4) is 0 Å². The van der Waals surface area contributed by atoms with Gasteiger partial charge in [0.15, 0.2) is 0 Å². The number of nitrogens with zero attached hydrogens (tertiary/aromatic N) is 1. The van der Waals surface area contributed by atoms with E-state index in [0.717, 1.165) is 4.47 Å². The number of alkyl carbamates (subject to hydrolysis) is 1. The van der Waals surface area contributed by atoms with E-state index >= 15 is 0 Å². The van der Waals surface area contributed by atoms with Gasteiger partial charge in [-0.25, -0.2) is 9.89 Å². The zero-order valence-electron chi connectivity index (χ0n) is 12.3. The van der Waals surface area contributed by atoms with Crippen molar-refractivity contribution < 1.29 is 9.53 Å². The number of halogens is 2. The fourth-order valence-corrected chi connectivity index (χ4v) is 2.77. The van der Waals surface area contributed by atoms with Gasteiger partial charge in [-0.2, -0.15) is 5.10 Å². The SMILES string of the molecule is CC(C)(C)OC(=O)NCc1n[nH]c(=O)c2c(Cl)cc(Br)cc12. The number of carbonyl (C=O) groups is 1. The molecule has 2 rings (SSSR count). The number of aromatic nitrogens is 2. The summed E-state index contributed by atoms with van der Waals surface area (Å²) >= 11 is 9.42. The summed E-state index contributed by atoms with van der Waals surface area (Å²) in [4.78, 5) is 23.6. The molecule has 0 saturated carbocycles. The Morgan fingerprint density at radius 3 is 2.77 bits per heavy atom. The fraction of sp³-hybridized carbons (Fsp3) is 0.357. The van der Waals surface area contributed by atoms with Crippen LogP contribution in [0.15, 0.2) is 21.4 Å². The van der Waals surface area contributed by atoms with Crippen LogP contribution in [0.3, 0.4) is 0 Å². The van der Waals surface area contributed by atoms with Gasteiger partial charge < -0.3 is 10.1 Å². The lowest BCUT2D eigenvalue weighted by Gasteiger charge is -2.19. The predicted octanol–water partition coefficient (Wildman–Crippen LogP) is 3.36. The summed E-state index contributed by atoms with van der Waals surface area (Å²) in [6.07, 6.45) is -0.560. The summed E-state index contributed by atoms with van der Waals surface area (Å²) in [6, 6.07) is 3.36. The summed E-state index contributed by atoms with van der Waals surface area (Å²) in [7, 11) is 0. The average Bonchev–Trinajstić information content (AvgIpc) is 2.35. The molecular formula is C14H15BrClN3O3. The molecule has 1 aromatic carbocycles. The van der Waals surface area contributed by atoms with Crippen LogP contribution in [0.1, 0.15) is 26.5 Å². The van der Waals surface area contributed by atoms with Gasteiger partial charge in [-0.05, 0) is 32.9 Å². The molecule has 0 aliphatic heterocycles. The van der Waals surface area contributed by atoms with E-state index in [4.69, 9.17) is 16.3 Å². The molecule has 0 atom stereocenters. The minimum absolute atomic E-state index is 0.106. The van der Waals surface area contributed by atoms with E-state index in [2.05, 4.69) is 31.4 Å². The molecule has 0 fully saturated rings. The largest absolute Gasteiger partial charge is 0.444 e. The molecule has 2 N–H and O–H groups in total. The third-order valence-corrected chi connectivity index (χ3v) is 3.44. The highest BCUT2D eigenvalue weighted by Crippen LogP contribution is 2.26. The first-order valence-electron chi connectivity index (χ1n) is 6.50. The predicted molar refractivity (Wildman–Crippen MR) is 88.1 cm³/mol. The second kappa shape index (κ2) is 6.26. The number of carbonyl (C=O) groups excluding carboxylic acids is 1. The number of fused-ring (bicyclic) bond motifs is 1. The maximum atomic E-state index is 11.9. The molecule has 0 radical (unpaired) electrons. The Labute approximate surface area is 140 Å². The number of amides is 1. The van der Waals surface area contributed by atoms with Crippen molar-refractivity contribution in [1.29, 1.82) is 0 Å². The monoisotopic (exact) mass is 387 g/mol. The van der Waals surface area contributed by atoms with E-state index in [-0.39, 0.29) is 12.1 Å². The van der Waals surface area contributed by atoms with Gasteiger partial charge in [-0.1, -0.05) is 27.5 Å². The van der Waals surface area contributed by atoms with Crippen molar-refractivity contribution in [2.24, 2.45) is 0 Å². The summed E-state index contributed by atoms with van der Waals surface area (Å²) in [6.45, 7) is 5.43. The first-order chi connectivity index (χ1) is 10.2. The van der Waals surface area contributed by atoms with Crippen molar-refractivity contribution >= 4 is 44.4 Å². The van der Waals surface area contributed by atoms with Crippen molar-refractivity contribution in [2.45, 2.75) is 32.9 Å². The molecule has 6 nitrogen and oxygen atoms in total. The molecule has 1 heterocycles. The van der Waals surface area contributed by atoms with E-state index in [9.17, 15) is 9.59 Å². The highest BCUT2D eigenvalue weighted by Gasteiger charge is 2.17. The molecule has 1 aromatic heterocycles. The van der Waals surface area contributed by atoms with Gasteiger partial charge in [-0.3, -0.25) is 4.79 Å². The van der Waals surface area contributed by atoms with Gasteiger partial charge in [0.1, 0.15) is 5.60 Å². The van der Waals surface area contributed by atoms with Crippen LogP contribution < -0.4 is 10.9 Å². The molecule has 1 amide bonds. The number of aromatic amines is 1. The van der Waals surface area contributed by atoms with Crippen LogP contribution in [0.5, 0.6) is 0 Å². The lowest BCUT2D eigenvalue weighted by Crippen LogP contribution is -2.32. The molecule has 8 heteroatoms. The van der Waals surface area contributed by atoms with Gasteiger partial charge in [0, 0.05) is 9.86 Å². The first-order valence-corrected chi connectivity index (χ1v) is 7.67. The first kappa shape index (κ1) is 16.8. The van der Waals surface area contributed by atoms with Crippen LogP contribution in [0, 0.1) is 0 Å². The molecule has 0 unspecified atom stereocenters. The Bertz CT molecular complexity index is 783. The highest BCUT2D eigenvalue weighted by molar-refractivity contribution is 9.10. The molecule has 0 spiro atoms. The Hall–Kier alpha value is -1.60. The van der Waals surface area contributed by atoms with E-state index in [1.54, 1.807) is 32.9 Å². The third-order valence-electron chi connectivity index (χ3n) is 2.68. The zero-order chi connectivity index (χ0) is 16.5. The number of H-pyrrole nitrogens is 1. The van der Waals surface area contributed by atoms with E-state index in [1.807, 2.05) is 0 Å². The second-order valence-electron chi connectivity index (χ2n) is 5.67. The van der Waals surface area contributed by atoms with Crippen molar-refractivity contribution in [1.82, 2.24) is 15.5 Å². The molecule has 0 bridgehead atoms. The van der Waals surface area contributed by atoms with Gasteiger partial charge in [0.05, 0.1) is 22.6 Å². The summed E-state index contributed by atoms with van der Waals surface area (Å²) in [5.41, 5.74) is -0.478. The Morgan fingerprint density at radius 2 is 2.14 bits per heavy atom. The quantitative estimate of drug-likeness (QED) is 0.826. The van der Waals surface area contributed by atoms with Crippen molar-refractivity contribution in [3.05, 3.63) is 37.7 Å². The lowest BCUT2D eigenvalue weighted by atomic mass is 10.1. The smallest absolute Gasteiger partial charge is 0.407 e. The minimum Gasteiger partial charge on any atom is -0.444 e. The van der Waals surface area contributed by atoms with Crippen LogP contribution >= 0.6 is 27.5 Å². The summed E-state index contributed by atoms with van der Waals surface area (Å²) in [5, 5.41) is 10.2. The Balaban J connectivity index is 2.31. The number of benzene rings is 1. The lowest BCUT2D eigenvalue weighted by molar-refractivity contribution is 0.0523. The van der Waals surface area contributed by atoms with Gasteiger partial charge >= 0.3 is 6.09 Å². The molecule has 0 saturated heterocycles. The highest BCUT2D eigenvalue weighted by atomic mass is 79.9. The Morgan fingerprint density at radius 1 is 1.45 bits per heavy atom. The third kappa shape index (κ3) is 3.98. The van der Waals surface area contributed by atoms with Crippen molar-refractivity contribution in [3.63, 3.8) is 0 Å². The molecule has 0 aliphatic carbocycles. The average molecular weight is 389 g/mol. The summed E-state index contributed by atoms with van der Waals surface area (Å²) < 4.78 is 5.88. The van der Waals surface area contributed by atoms with E-state index in [0.29, 0.717) is 21.5 Å². The standard InChI is InChI=1S/C14H15BrClN3O3/c1-14(2,3)22-13(21)17-6-10-8-4-7(15)5-9(16)11(8)12(20)19-18-10/h4-5H,6H2,1-3H3,(H,17,21)(H,19,20). The maximum absolute atomic E-state index is 11.9. The molecule has 22 heavy (non-hydrogen) atoms. The van der Waals surface area contributed by atoms with Crippen LogP contribution in [0.25, 0.3) is 10.8 Å². The van der Waals surface area contributed by atoms with Crippen LogP contribution in [-0.4, -0.2) is 21.9 Å². The second-order valence-corrected chi connectivity index (χ2v) is 6.99.